The zero-order valence-electron chi connectivity index (χ0n) is 16.9. The van der Waals surface area contributed by atoms with Crippen LogP contribution in [-0.2, 0) is 23.0 Å². The van der Waals surface area contributed by atoms with E-state index in [1.807, 2.05) is 0 Å². The van der Waals surface area contributed by atoms with Crippen LogP contribution < -0.4 is 9.46 Å². The Kier molecular flexibility index (Phi) is 9.17. The number of hydrogen-bond acceptors (Lipinski definition) is 4. The van der Waals surface area contributed by atoms with Gasteiger partial charge in [0.25, 0.3) is 0 Å². The Balaban J connectivity index is 0.00000341. The number of hydrogen-bond donors (Lipinski definition) is 1. The highest BCUT2D eigenvalue weighted by Crippen LogP contribution is 2.24. The van der Waals surface area contributed by atoms with Crippen LogP contribution in [-0.4, -0.2) is 39.3 Å². The first-order valence-corrected chi connectivity index (χ1v) is 11.4. The molecule has 0 saturated carbocycles. The van der Waals surface area contributed by atoms with Gasteiger partial charge in [-0.1, -0.05) is 30.7 Å². The Morgan fingerprint density at radius 3 is 2.32 bits per heavy atom. The second kappa shape index (κ2) is 11.2. The second-order valence-corrected chi connectivity index (χ2v) is 9.04. The molecular weight excluding hydrogens is 453 g/mol. The van der Waals surface area contributed by atoms with Crippen LogP contribution in [0.2, 0.25) is 0 Å². The van der Waals surface area contributed by atoms with Gasteiger partial charge < -0.3 is 4.74 Å². The Morgan fingerprint density at radius 2 is 1.65 bits per heavy atom. The van der Waals surface area contributed by atoms with Crippen molar-refractivity contribution in [1.29, 1.82) is 0 Å². The molecule has 0 spiro atoms. The maximum absolute atomic E-state index is 12.2. The lowest BCUT2D eigenvalue weighted by atomic mass is 10.00. The fourth-order valence-corrected chi connectivity index (χ4v) is 4.57. The average Bonchev–Trinajstić information content (AvgIpc) is 2.69. The molecule has 31 heavy (non-hydrogen) atoms. The van der Waals surface area contributed by atoms with Gasteiger partial charge in [-0.15, -0.1) is 25.6 Å². The van der Waals surface area contributed by atoms with Crippen LogP contribution in [0.4, 0.5) is 13.2 Å². The maximum Gasteiger partial charge on any atom is 0.573 e. The summed E-state index contributed by atoms with van der Waals surface area (Å²) in [7, 11) is -3.76. The summed E-state index contributed by atoms with van der Waals surface area (Å²) in [5.41, 5.74) is 2.80. The summed E-state index contributed by atoms with van der Waals surface area (Å²) < 4.78 is 67.2. The van der Waals surface area contributed by atoms with Crippen LogP contribution >= 0.6 is 12.4 Å². The molecule has 0 unspecified atom stereocenters. The van der Waals surface area contributed by atoms with Gasteiger partial charge in [0.2, 0.25) is 10.0 Å². The quantitative estimate of drug-likeness (QED) is 0.539. The molecule has 3 rings (SSSR count). The fourth-order valence-electron chi connectivity index (χ4n) is 3.49. The molecule has 0 bridgehead atoms. The molecule has 0 fully saturated rings. The molecule has 5 nitrogen and oxygen atoms in total. The molecule has 0 saturated heterocycles. The number of ether oxygens (including phenoxy) is 1. The smallest absolute Gasteiger partial charge is 0.406 e. The molecule has 2 aromatic rings. The van der Waals surface area contributed by atoms with Crippen LogP contribution in [0.5, 0.6) is 5.75 Å². The first-order valence-electron chi connectivity index (χ1n) is 9.87. The summed E-state index contributed by atoms with van der Waals surface area (Å²) in [6.07, 6.45) is -1.19. The summed E-state index contributed by atoms with van der Waals surface area (Å²) in [4.78, 5) is 2.32. The van der Waals surface area contributed by atoms with Crippen molar-refractivity contribution >= 4 is 22.4 Å². The fraction of sp³-hybridized carbons (Fsp3) is 0.429. The highest BCUT2D eigenvalue weighted by molar-refractivity contribution is 7.89. The summed E-state index contributed by atoms with van der Waals surface area (Å²) >= 11 is 0. The number of nitrogens with zero attached hydrogens (tertiary/aromatic N) is 1. The third kappa shape index (κ3) is 7.99. The number of rotatable bonds is 9. The largest absolute Gasteiger partial charge is 0.573 e. The Bertz CT molecular complexity index is 938. The molecule has 1 N–H and O–H groups in total. The van der Waals surface area contributed by atoms with Crippen molar-refractivity contribution in [1.82, 2.24) is 9.62 Å². The summed E-state index contributed by atoms with van der Waals surface area (Å²) in [5.74, 6) is -0.457. The van der Waals surface area contributed by atoms with E-state index >= 15 is 0 Å². The number of alkyl halides is 3. The van der Waals surface area contributed by atoms with Crippen molar-refractivity contribution in [3.63, 3.8) is 0 Å². The van der Waals surface area contributed by atoms with Gasteiger partial charge in [-0.25, -0.2) is 13.1 Å². The number of unbranched alkanes of at least 4 members (excludes halogenated alkanes) is 2. The lowest BCUT2D eigenvalue weighted by Gasteiger charge is -2.28. The number of nitrogens with one attached hydrogen (secondary N) is 1. The van der Waals surface area contributed by atoms with E-state index in [1.165, 1.54) is 11.1 Å². The first kappa shape index (κ1) is 25.5. The molecule has 10 heteroatoms. The Hall–Kier alpha value is -1.81. The molecule has 2 aromatic carbocycles. The highest BCUT2D eigenvalue weighted by Gasteiger charge is 2.31. The second-order valence-electron chi connectivity index (χ2n) is 7.27. The van der Waals surface area contributed by atoms with Gasteiger partial charge in [0.1, 0.15) is 5.75 Å². The minimum absolute atomic E-state index is 0. The molecule has 1 aliphatic rings. The van der Waals surface area contributed by atoms with Crippen LogP contribution in [0.15, 0.2) is 53.4 Å². The lowest BCUT2D eigenvalue weighted by molar-refractivity contribution is -0.274. The zero-order valence-corrected chi connectivity index (χ0v) is 18.5. The number of sulfonamides is 1. The van der Waals surface area contributed by atoms with Gasteiger partial charge in [0.05, 0.1) is 4.90 Å². The van der Waals surface area contributed by atoms with Gasteiger partial charge in [0.15, 0.2) is 0 Å². The monoisotopic (exact) mass is 478 g/mol. The van der Waals surface area contributed by atoms with E-state index < -0.39 is 22.1 Å². The third-order valence-electron chi connectivity index (χ3n) is 5.02. The number of fused-ring (bicyclic) bond motifs is 1. The zero-order chi connectivity index (χ0) is 21.6. The van der Waals surface area contributed by atoms with Crippen molar-refractivity contribution in [2.24, 2.45) is 0 Å². The Labute approximate surface area is 187 Å². The van der Waals surface area contributed by atoms with Crippen LogP contribution in [0, 0.1) is 0 Å². The van der Waals surface area contributed by atoms with E-state index in [1.54, 1.807) is 0 Å². The van der Waals surface area contributed by atoms with Crippen molar-refractivity contribution in [3.05, 3.63) is 59.7 Å². The van der Waals surface area contributed by atoms with Crippen molar-refractivity contribution in [3.8, 4) is 5.75 Å². The van der Waals surface area contributed by atoms with Gasteiger partial charge >= 0.3 is 6.36 Å². The van der Waals surface area contributed by atoms with Gasteiger partial charge in [-0.2, -0.15) is 0 Å². The average molecular weight is 479 g/mol. The molecule has 0 amide bonds. The van der Waals surface area contributed by atoms with E-state index in [0.717, 1.165) is 63.2 Å². The third-order valence-corrected chi connectivity index (χ3v) is 6.50. The van der Waals surface area contributed by atoms with Crippen molar-refractivity contribution in [2.75, 3.05) is 19.6 Å². The van der Waals surface area contributed by atoms with E-state index in [9.17, 15) is 21.6 Å². The summed E-state index contributed by atoms with van der Waals surface area (Å²) in [6.45, 7) is 3.25. The molecule has 1 aliphatic heterocycles. The topological polar surface area (TPSA) is 58.6 Å². The van der Waals surface area contributed by atoms with E-state index in [0.29, 0.717) is 6.42 Å². The number of benzene rings is 2. The standard InChI is InChI=1S/C21H25F3N2O3S.ClH/c22-21(23,24)29-19-8-10-20(11-9-19)30(27,28)25-13-4-1-5-14-26-15-12-17-6-2-3-7-18(17)16-26;/h2-3,6-11,25H,1,4-5,12-16H2;1H. The van der Waals surface area contributed by atoms with Gasteiger partial charge in [-0.3, -0.25) is 4.90 Å². The number of halogens is 4. The minimum atomic E-state index is -4.81. The molecule has 0 aliphatic carbocycles. The molecule has 0 radical (unpaired) electrons. The normalized spacial score (nSPS) is 14.5. The summed E-state index contributed by atoms with van der Waals surface area (Å²) in [5, 5.41) is 0. The van der Waals surface area contributed by atoms with E-state index in [2.05, 4.69) is 38.6 Å². The molecule has 172 valence electrons. The lowest BCUT2D eigenvalue weighted by Crippen LogP contribution is -2.31. The first-order chi connectivity index (χ1) is 14.2. The highest BCUT2D eigenvalue weighted by atomic mass is 35.5. The predicted octanol–water partition coefficient (Wildman–Crippen LogP) is 4.51. The minimum Gasteiger partial charge on any atom is -0.406 e. The molecular formula is C21H26ClF3N2O3S. The predicted molar refractivity (Wildman–Crippen MR) is 115 cm³/mol. The van der Waals surface area contributed by atoms with Gasteiger partial charge in [-0.05, 0) is 61.2 Å². The van der Waals surface area contributed by atoms with E-state index in [4.69, 9.17) is 0 Å². The summed E-state index contributed by atoms with van der Waals surface area (Å²) in [6, 6.07) is 12.6. The van der Waals surface area contributed by atoms with E-state index in [-0.39, 0.29) is 23.8 Å². The van der Waals surface area contributed by atoms with Crippen LogP contribution in [0.3, 0.4) is 0 Å². The van der Waals surface area contributed by atoms with Crippen molar-refractivity contribution < 1.29 is 26.3 Å². The Morgan fingerprint density at radius 1 is 0.968 bits per heavy atom. The van der Waals surface area contributed by atoms with Crippen LogP contribution in [0.1, 0.15) is 30.4 Å². The maximum atomic E-state index is 12.2. The molecule has 0 aromatic heterocycles. The van der Waals surface area contributed by atoms with Gasteiger partial charge in [0, 0.05) is 19.6 Å². The van der Waals surface area contributed by atoms with Crippen LogP contribution in [0.25, 0.3) is 0 Å². The molecule has 1 heterocycles. The molecule has 0 atom stereocenters. The SMILES string of the molecule is Cl.O=S(=O)(NCCCCCN1CCc2ccccc2C1)c1ccc(OC(F)(F)F)cc1. The van der Waals surface area contributed by atoms with Crippen molar-refractivity contribution in [2.45, 2.75) is 43.5 Å².